The molecule has 0 radical (unpaired) electrons. The molecule has 0 bridgehead atoms. The number of pyridine rings is 1. The maximum Gasteiger partial charge on any atom is 0.264 e. The van der Waals surface area contributed by atoms with Gasteiger partial charge in [0.2, 0.25) is 0 Å². The number of aliphatic imine (C=N–C) groups is 1. The van der Waals surface area contributed by atoms with Gasteiger partial charge in [-0.1, -0.05) is 35.3 Å². The molecule has 3 aromatic rings. The molecule has 6 nitrogen and oxygen atoms in total. The molecule has 0 saturated carbocycles. The van der Waals surface area contributed by atoms with Crippen LogP contribution in [0.4, 0.5) is 5.69 Å². The maximum absolute atomic E-state index is 12.4. The fourth-order valence-electron chi connectivity index (χ4n) is 2.87. The fourth-order valence-corrected chi connectivity index (χ4v) is 4.19. The summed E-state index contributed by atoms with van der Waals surface area (Å²) in [6, 6.07) is 12.9. The molecule has 158 valence electrons. The Balaban J connectivity index is 1.57. The predicted molar refractivity (Wildman–Crippen MR) is 126 cm³/mol. The van der Waals surface area contributed by atoms with Crippen molar-refractivity contribution in [1.29, 1.82) is 0 Å². The van der Waals surface area contributed by atoms with E-state index in [-0.39, 0.29) is 5.91 Å². The van der Waals surface area contributed by atoms with Crippen molar-refractivity contribution in [2.45, 2.75) is 0 Å². The number of thioether (sulfide) groups is 1. The summed E-state index contributed by atoms with van der Waals surface area (Å²) >= 11 is 13.7. The monoisotopic (exact) mass is 473 g/mol. The number of hydrogen-bond acceptors (Lipinski definition) is 6. The van der Waals surface area contributed by atoms with E-state index in [2.05, 4.69) is 15.3 Å². The summed E-state index contributed by atoms with van der Waals surface area (Å²) < 4.78 is 10.6. The minimum absolute atomic E-state index is 0.225. The zero-order valence-electron chi connectivity index (χ0n) is 16.4. The quantitative estimate of drug-likeness (QED) is 0.380. The van der Waals surface area contributed by atoms with Gasteiger partial charge in [0.05, 0.1) is 32.8 Å². The highest BCUT2D eigenvalue weighted by atomic mass is 35.5. The zero-order chi connectivity index (χ0) is 21.8. The number of halogens is 2. The molecule has 2 heterocycles. The van der Waals surface area contributed by atoms with Gasteiger partial charge in [-0.3, -0.25) is 9.78 Å². The highest BCUT2D eigenvalue weighted by Crippen LogP contribution is 2.37. The van der Waals surface area contributed by atoms with Gasteiger partial charge in [-0.25, -0.2) is 4.99 Å². The molecule has 1 fully saturated rings. The van der Waals surface area contributed by atoms with Crippen molar-refractivity contribution >= 4 is 68.7 Å². The Labute approximate surface area is 193 Å². The number of carbonyl (C=O) groups is 1. The van der Waals surface area contributed by atoms with Crippen molar-refractivity contribution in [2.75, 3.05) is 20.3 Å². The molecular weight excluding hydrogens is 457 g/mol. The number of methoxy groups -OCH3 is 1. The molecule has 1 aromatic heterocycles. The Bertz CT molecular complexity index is 1210. The second-order valence-electron chi connectivity index (χ2n) is 6.51. The van der Waals surface area contributed by atoms with E-state index < -0.39 is 0 Å². The fraction of sp³-hybridized carbons (Fsp3) is 0.136. The number of aromatic nitrogens is 1. The molecule has 1 saturated heterocycles. The Morgan fingerprint density at radius 3 is 2.87 bits per heavy atom. The Morgan fingerprint density at radius 1 is 1.16 bits per heavy atom. The number of hydrogen-bond donors (Lipinski definition) is 1. The summed E-state index contributed by atoms with van der Waals surface area (Å²) in [5.74, 6) is 0.217. The Morgan fingerprint density at radius 2 is 2.03 bits per heavy atom. The standard InChI is InChI=1S/C22H17Cl2N3O3S/c1-29-7-8-30-19-12-18(15(23)11-16(19)24)26-22-27-21(28)20(31-22)10-13-4-5-17-14(9-13)3-2-6-25-17/h2-6,9-12H,7-8H2,1H3,(H,26,27,28)/b20-10-. The molecule has 0 aliphatic carbocycles. The number of nitrogens with one attached hydrogen (secondary N) is 1. The second-order valence-corrected chi connectivity index (χ2v) is 8.36. The van der Waals surface area contributed by atoms with E-state index in [4.69, 9.17) is 32.7 Å². The van der Waals surface area contributed by atoms with Gasteiger partial charge >= 0.3 is 0 Å². The molecule has 9 heteroatoms. The number of amides is 1. The highest BCUT2D eigenvalue weighted by Gasteiger charge is 2.24. The van der Waals surface area contributed by atoms with Gasteiger partial charge in [-0.05, 0) is 47.7 Å². The smallest absolute Gasteiger partial charge is 0.264 e. The van der Waals surface area contributed by atoms with E-state index >= 15 is 0 Å². The van der Waals surface area contributed by atoms with Crippen LogP contribution in [0.25, 0.3) is 17.0 Å². The van der Waals surface area contributed by atoms with Gasteiger partial charge in [0.25, 0.3) is 5.91 Å². The first kappa shape index (κ1) is 21.6. The molecule has 0 atom stereocenters. The summed E-state index contributed by atoms with van der Waals surface area (Å²) in [5.41, 5.74) is 2.24. The largest absolute Gasteiger partial charge is 0.490 e. The highest BCUT2D eigenvalue weighted by molar-refractivity contribution is 8.18. The van der Waals surface area contributed by atoms with Crippen LogP contribution in [0.3, 0.4) is 0 Å². The molecule has 31 heavy (non-hydrogen) atoms. The van der Waals surface area contributed by atoms with Gasteiger partial charge < -0.3 is 14.8 Å². The second kappa shape index (κ2) is 9.70. The van der Waals surface area contributed by atoms with Crippen LogP contribution in [0.2, 0.25) is 10.0 Å². The molecule has 0 unspecified atom stereocenters. The number of rotatable bonds is 6. The summed E-state index contributed by atoms with van der Waals surface area (Å²) in [6.07, 6.45) is 3.57. The minimum atomic E-state index is -0.225. The number of nitrogens with zero attached hydrogens (tertiary/aromatic N) is 2. The number of carbonyl (C=O) groups excluding carboxylic acids is 1. The van der Waals surface area contributed by atoms with Crippen LogP contribution in [0, 0.1) is 0 Å². The van der Waals surface area contributed by atoms with Crippen molar-refractivity contribution in [3.63, 3.8) is 0 Å². The summed E-state index contributed by atoms with van der Waals surface area (Å²) in [6.45, 7) is 0.765. The lowest BCUT2D eigenvalue weighted by molar-refractivity contribution is -0.115. The van der Waals surface area contributed by atoms with Crippen LogP contribution in [0.5, 0.6) is 5.75 Å². The van der Waals surface area contributed by atoms with Crippen molar-refractivity contribution in [2.24, 2.45) is 4.99 Å². The molecular formula is C22H17Cl2N3O3S. The normalized spacial score (nSPS) is 16.3. The SMILES string of the molecule is COCCOc1cc(/N=C2/NC(=O)/C(=C/c3ccc4ncccc4c3)S2)c(Cl)cc1Cl. The molecule has 1 N–H and O–H groups in total. The van der Waals surface area contributed by atoms with E-state index in [1.165, 1.54) is 11.8 Å². The third kappa shape index (κ3) is 5.19. The van der Waals surface area contributed by atoms with E-state index in [1.54, 1.807) is 25.4 Å². The van der Waals surface area contributed by atoms with Crippen molar-refractivity contribution in [1.82, 2.24) is 10.3 Å². The van der Waals surface area contributed by atoms with Gasteiger partial charge in [0.1, 0.15) is 12.4 Å². The first-order valence-electron chi connectivity index (χ1n) is 9.28. The van der Waals surface area contributed by atoms with Crippen LogP contribution in [-0.2, 0) is 9.53 Å². The molecule has 2 aromatic carbocycles. The lowest BCUT2D eigenvalue weighted by Gasteiger charge is -2.09. The number of benzene rings is 2. The van der Waals surface area contributed by atoms with Crippen molar-refractivity contribution in [3.8, 4) is 5.75 Å². The van der Waals surface area contributed by atoms with Crippen LogP contribution in [-0.4, -0.2) is 36.4 Å². The third-order valence-corrected chi connectivity index (χ3v) is 5.85. The first-order valence-corrected chi connectivity index (χ1v) is 10.9. The van der Waals surface area contributed by atoms with Crippen molar-refractivity contribution < 1.29 is 14.3 Å². The minimum Gasteiger partial charge on any atom is -0.490 e. The lowest BCUT2D eigenvalue weighted by atomic mass is 10.1. The summed E-state index contributed by atoms with van der Waals surface area (Å²) in [5, 5.41) is 4.92. The van der Waals surface area contributed by atoms with Crippen LogP contribution < -0.4 is 10.1 Å². The third-order valence-electron chi connectivity index (χ3n) is 4.34. The van der Waals surface area contributed by atoms with E-state index in [9.17, 15) is 4.79 Å². The average Bonchev–Trinajstić information content (AvgIpc) is 3.10. The van der Waals surface area contributed by atoms with E-state index in [0.717, 1.165) is 16.5 Å². The summed E-state index contributed by atoms with van der Waals surface area (Å²) in [7, 11) is 1.59. The molecule has 1 aliphatic rings. The molecule has 1 aliphatic heterocycles. The lowest BCUT2D eigenvalue weighted by Crippen LogP contribution is -2.19. The van der Waals surface area contributed by atoms with Gasteiger partial charge in [-0.15, -0.1) is 0 Å². The summed E-state index contributed by atoms with van der Waals surface area (Å²) in [4.78, 5) is 21.8. The van der Waals surface area contributed by atoms with E-state index in [1.807, 2.05) is 36.4 Å². The Hall–Kier alpha value is -2.58. The molecule has 4 rings (SSSR count). The average molecular weight is 474 g/mol. The number of amidine groups is 1. The first-order chi connectivity index (χ1) is 15.0. The zero-order valence-corrected chi connectivity index (χ0v) is 18.7. The van der Waals surface area contributed by atoms with Gasteiger partial charge in [0.15, 0.2) is 5.17 Å². The van der Waals surface area contributed by atoms with E-state index in [0.29, 0.717) is 44.8 Å². The molecule has 0 spiro atoms. The number of ether oxygens (including phenoxy) is 2. The number of fused-ring (bicyclic) bond motifs is 1. The van der Waals surface area contributed by atoms with Crippen molar-refractivity contribution in [3.05, 3.63) is 69.2 Å². The van der Waals surface area contributed by atoms with Crippen LogP contribution in [0.15, 0.2) is 58.6 Å². The van der Waals surface area contributed by atoms with Gasteiger partial charge in [0, 0.05) is 24.8 Å². The van der Waals surface area contributed by atoms with Crippen LogP contribution in [0.1, 0.15) is 5.56 Å². The Kier molecular flexibility index (Phi) is 6.77. The predicted octanol–water partition coefficient (Wildman–Crippen LogP) is 5.46. The van der Waals surface area contributed by atoms with Crippen LogP contribution >= 0.6 is 35.0 Å². The van der Waals surface area contributed by atoms with Gasteiger partial charge in [-0.2, -0.15) is 0 Å². The topological polar surface area (TPSA) is 72.8 Å². The maximum atomic E-state index is 12.4. The molecule has 1 amide bonds.